The van der Waals surface area contributed by atoms with Crippen LogP contribution in [0.4, 0.5) is 5.69 Å². The van der Waals surface area contributed by atoms with E-state index in [9.17, 15) is 0 Å². The SMILES string of the molecule is Cc1cccc(-c2[nH]c(CNc3ccccc3CN3CCCC3)nc2-c2ccc3ncnn3c2)n1. The Morgan fingerprint density at radius 1 is 0.971 bits per heavy atom. The number of H-pyrrole nitrogens is 1. The van der Waals surface area contributed by atoms with Crippen molar-refractivity contribution in [1.29, 1.82) is 0 Å². The summed E-state index contributed by atoms with van der Waals surface area (Å²) in [5.41, 5.74) is 7.80. The lowest BCUT2D eigenvalue weighted by Gasteiger charge is -2.18. The Labute approximate surface area is 204 Å². The first kappa shape index (κ1) is 21.5. The lowest BCUT2D eigenvalue weighted by Crippen LogP contribution is -2.19. The number of likely N-dealkylation sites (tertiary alicyclic amines) is 1. The average molecular weight is 465 g/mol. The number of rotatable bonds is 7. The highest BCUT2D eigenvalue weighted by molar-refractivity contribution is 5.77. The molecule has 0 atom stereocenters. The number of aromatic amines is 1. The van der Waals surface area contributed by atoms with Gasteiger partial charge in [-0.2, -0.15) is 5.10 Å². The van der Waals surface area contributed by atoms with Gasteiger partial charge in [0.2, 0.25) is 0 Å². The van der Waals surface area contributed by atoms with Crippen LogP contribution in [0.5, 0.6) is 0 Å². The molecule has 8 heteroatoms. The van der Waals surface area contributed by atoms with E-state index in [1.165, 1.54) is 31.5 Å². The minimum atomic E-state index is 0.585. The maximum Gasteiger partial charge on any atom is 0.155 e. The fraction of sp³-hybridized carbons (Fsp3) is 0.259. The fourth-order valence-corrected chi connectivity index (χ4v) is 4.73. The van der Waals surface area contributed by atoms with E-state index in [2.05, 4.69) is 49.5 Å². The Morgan fingerprint density at radius 2 is 1.86 bits per heavy atom. The number of nitrogens with one attached hydrogen (secondary N) is 2. The molecule has 1 aliphatic rings. The van der Waals surface area contributed by atoms with Crippen LogP contribution >= 0.6 is 0 Å². The molecule has 8 nitrogen and oxygen atoms in total. The summed E-state index contributed by atoms with van der Waals surface area (Å²) >= 11 is 0. The molecule has 176 valence electrons. The van der Waals surface area contributed by atoms with E-state index in [4.69, 9.17) is 9.97 Å². The molecule has 0 bridgehead atoms. The molecule has 35 heavy (non-hydrogen) atoms. The molecule has 0 radical (unpaired) electrons. The maximum atomic E-state index is 5.00. The van der Waals surface area contributed by atoms with Crippen molar-refractivity contribution in [3.8, 4) is 22.6 Å². The number of hydrogen-bond acceptors (Lipinski definition) is 6. The summed E-state index contributed by atoms with van der Waals surface area (Å²) in [6.07, 6.45) is 6.10. The first-order chi connectivity index (χ1) is 17.2. The van der Waals surface area contributed by atoms with E-state index < -0.39 is 0 Å². The van der Waals surface area contributed by atoms with Gasteiger partial charge in [0.05, 0.1) is 23.6 Å². The summed E-state index contributed by atoms with van der Waals surface area (Å²) in [5.74, 6) is 0.855. The van der Waals surface area contributed by atoms with Crippen LogP contribution in [0, 0.1) is 6.92 Å². The van der Waals surface area contributed by atoms with Gasteiger partial charge in [-0.3, -0.25) is 9.88 Å². The van der Waals surface area contributed by atoms with Gasteiger partial charge in [-0.1, -0.05) is 24.3 Å². The third-order valence-electron chi connectivity index (χ3n) is 6.50. The second-order valence-corrected chi connectivity index (χ2v) is 9.05. The quantitative estimate of drug-likeness (QED) is 0.363. The van der Waals surface area contributed by atoms with Crippen LogP contribution in [0.25, 0.3) is 28.3 Å². The molecule has 6 rings (SSSR count). The fourth-order valence-electron chi connectivity index (χ4n) is 4.73. The molecule has 1 aliphatic heterocycles. The van der Waals surface area contributed by atoms with Crippen molar-refractivity contribution in [1.82, 2.24) is 34.4 Å². The molecule has 5 aromatic rings. The van der Waals surface area contributed by atoms with Gasteiger partial charge in [-0.25, -0.2) is 14.5 Å². The largest absolute Gasteiger partial charge is 0.378 e. The molecule has 0 unspecified atom stereocenters. The average Bonchev–Trinajstić information content (AvgIpc) is 3.64. The van der Waals surface area contributed by atoms with Crippen molar-refractivity contribution >= 4 is 11.3 Å². The Hall–Kier alpha value is -4.04. The highest BCUT2D eigenvalue weighted by atomic mass is 15.3. The van der Waals surface area contributed by atoms with E-state index in [1.54, 1.807) is 10.8 Å². The molecule has 0 saturated carbocycles. The van der Waals surface area contributed by atoms with E-state index in [0.29, 0.717) is 6.54 Å². The monoisotopic (exact) mass is 464 g/mol. The number of aromatic nitrogens is 6. The maximum absolute atomic E-state index is 5.00. The number of fused-ring (bicyclic) bond motifs is 1. The Bertz CT molecular complexity index is 1460. The highest BCUT2D eigenvalue weighted by Gasteiger charge is 2.17. The molecule has 4 aromatic heterocycles. The van der Waals surface area contributed by atoms with E-state index in [0.717, 1.165) is 52.0 Å². The molecule has 0 aliphatic carbocycles. The zero-order valence-electron chi connectivity index (χ0n) is 19.8. The van der Waals surface area contributed by atoms with Gasteiger partial charge in [-0.15, -0.1) is 0 Å². The van der Waals surface area contributed by atoms with Gasteiger partial charge >= 0.3 is 0 Å². The zero-order chi connectivity index (χ0) is 23.6. The number of aryl methyl sites for hydroxylation is 1. The first-order valence-corrected chi connectivity index (χ1v) is 12.1. The number of pyridine rings is 2. The number of hydrogen-bond donors (Lipinski definition) is 2. The van der Waals surface area contributed by atoms with Crippen LogP contribution in [0.2, 0.25) is 0 Å². The molecule has 2 N–H and O–H groups in total. The van der Waals surface area contributed by atoms with Crippen LogP contribution in [-0.4, -0.2) is 47.5 Å². The molecule has 0 spiro atoms. The molecule has 1 fully saturated rings. The number of imidazole rings is 1. The number of nitrogens with zero attached hydrogens (tertiary/aromatic N) is 6. The summed E-state index contributed by atoms with van der Waals surface area (Å²) in [7, 11) is 0. The summed E-state index contributed by atoms with van der Waals surface area (Å²) in [6.45, 7) is 5.92. The molecular formula is C27H28N8. The second kappa shape index (κ2) is 9.31. The van der Waals surface area contributed by atoms with Crippen molar-refractivity contribution in [3.63, 3.8) is 0 Å². The van der Waals surface area contributed by atoms with Gasteiger partial charge < -0.3 is 10.3 Å². The predicted molar refractivity (Wildman–Crippen MR) is 137 cm³/mol. The van der Waals surface area contributed by atoms with Crippen LogP contribution < -0.4 is 5.32 Å². The van der Waals surface area contributed by atoms with E-state index in [1.807, 2.05) is 43.5 Å². The Balaban J connectivity index is 1.32. The van der Waals surface area contributed by atoms with Crippen molar-refractivity contribution in [2.75, 3.05) is 18.4 Å². The zero-order valence-corrected chi connectivity index (χ0v) is 19.8. The minimum Gasteiger partial charge on any atom is -0.378 e. The van der Waals surface area contributed by atoms with Gasteiger partial charge in [0.25, 0.3) is 0 Å². The second-order valence-electron chi connectivity index (χ2n) is 9.05. The third kappa shape index (κ3) is 4.52. The summed E-state index contributed by atoms with van der Waals surface area (Å²) < 4.78 is 1.77. The van der Waals surface area contributed by atoms with Gasteiger partial charge in [0.1, 0.15) is 12.2 Å². The third-order valence-corrected chi connectivity index (χ3v) is 6.50. The Morgan fingerprint density at radius 3 is 2.74 bits per heavy atom. The molecule has 5 heterocycles. The van der Waals surface area contributed by atoms with E-state index >= 15 is 0 Å². The standard InChI is InChI=1S/C27H28N8/c1-19-7-6-10-23(31-19)27-26(21-11-12-25-29-18-30-35(25)17-21)32-24(33-27)15-28-22-9-3-2-8-20(22)16-34-13-4-5-14-34/h2-3,6-12,17-18,28H,4-5,13-16H2,1H3,(H,32,33). The molecular weight excluding hydrogens is 436 g/mol. The normalized spacial score (nSPS) is 14.1. The molecule has 1 aromatic carbocycles. The predicted octanol–water partition coefficient (Wildman–Crippen LogP) is 4.70. The first-order valence-electron chi connectivity index (χ1n) is 12.1. The van der Waals surface area contributed by atoms with Crippen molar-refractivity contribution in [3.05, 3.63) is 84.2 Å². The van der Waals surface area contributed by atoms with E-state index in [-0.39, 0.29) is 0 Å². The summed E-state index contributed by atoms with van der Waals surface area (Å²) in [4.78, 5) is 20.1. The van der Waals surface area contributed by atoms with Crippen LogP contribution in [0.15, 0.2) is 67.1 Å². The summed E-state index contributed by atoms with van der Waals surface area (Å²) in [5, 5.41) is 7.91. The lowest BCUT2D eigenvalue weighted by molar-refractivity contribution is 0.332. The lowest BCUT2D eigenvalue weighted by atomic mass is 10.1. The minimum absolute atomic E-state index is 0.585. The van der Waals surface area contributed by atoms with Crippen molar-refractivity contribution in [2.24, 2.45) is 0 Å². The smallest absolute Gasteiger partial charge is 0.155 e. The van der Waals surface area contributed by atoms with Gasteiger partial charge in [0.15, 0.2) is 5.65 Å². The molecule has 0 amide bonds. The topological polar surface area (TPSA) is 87.0 Å². The van der Waals surface area contributed by atoms with Gasteiger partial charge in [-0.05, 0) is 68.8 Å². The van der Waals surface area contributed by atoms with Crippen LogP contribution in [0.1, 0.15) is 29.9 Å². The van der Waals surface area contributed by atoms with Crippen molar-refractivity contribution < 1.29 is 0 Å². The Kier molecular flexibility index (Phi) is 5.71. The van der Waals surface area contributed by atoms with Gasteiger partial charge in [0, 0.05) is 29.7 Å². The van der Waals surface area contributed by atoms with Crippen LogP contribution in [-0.2, 0) is 13.1 Å². The number of para-hydroxylation sites is 1. The number of benzene rings is 1. The molecule has 1 saturated heterocycles. The number of anilines is 1. The summed E-state index contributed by atoms with van der Waals surface area (Å²) in [6, 6.07) is 18.6. The van der Waals surface area contributed by atoms with Crippen molar-refractivity contribution in [2.45, 2.75) is 32.9 Å². The van der Waals surface area contributed by atoms with Crippen LogP contribution in [0.3, 0.4) is 0 Å². The highest BCUT2D eigenvalue weighted by Crippen LogP contribution is 2.30.